The summed E-state index contributed by atoms with van der Waals surface area (Å²) < 4.78 is 6.47. The molecule has 0 spiro atoms. The summed E-state index contributed by atoms with van der Waals surface area (Å²) in [6.07, 6.45) is 0. The standard InChI is InChI=1S/C56H37N3O/c1-56(2)47-19-9-8-16-44(47)51-45(18-10-20-48(51)56)55-58-53(36-13-4-3-5-14-36)57-54(59-55)37-25-22-35(23-26-37)43-17-11-21-50-52(43)46-33-39(29-31-49(46)60-50)38-28-30-42-40(32-38)27-24-34-12-6-7-15-41(34)42/h3-33H,1-2H3. The molecule has 282 valence electrons. The minimum Gasteiger partial charge on any atom is -0.456 e. The van der Waals surface area contributed by atoms with Crippen LogP contribution in [0.5, 0.6) is 0 Å². The largest absolute Gasteiger partial charge is 0.456 e. The Morgan fingerprint density at radius 3 is 1.83 bits per heavy atom. The van der Waals surface area contributed by atoms with Crippen LogP contribution in [-0.4, -0.2) is 15.0 Å². The van der Waals surface area contributed by atoms with Crippen LogP contribution in [0.15, 0.2) is 192 Å². The van der Waals surface area contributed by atoms with Gasteiger partial charge in [-0.2, -0.15) is 0 Å². The fraction of sp³-hybridized carbons (Fsp3) is 0.0536. The number of fused-ring (bicyclic) bond motifs is 9. The molecule has 0 fully saturated rings. The lowest BCUT2D eigenvalue weighted by molar-refractivity contribution is 0.660. The van der Waals surface area contributed by atoms with Gasteiger partial charge in [-0.05, 0) is 90.3 Å². The lowest BCUT2D eigenvalue weighted by atomic mass is 9.82. The van der Waals surface area contributed by atoms with Crippen molar-refractivity contribution in [2.75, 3.05) is 0 Å². The molecule has 0 saturated heterocycles. The van der Waals surface area contributed by atoms with Gasteiger partial charge in [-0.3, -0.25) is 0 Å². The van der Waals surface area contributed by atoms with Gasteiger partial charge in [0.25, 0.3) is 0 Å². The van der Waals surface area contributed by atoms with Crippen LogP contribution in [0.4, 0.5) is 0 Å². The summed E-state index contributed by atoms with van der Waals surface area (Å²) in [6, 6.07) is 66.7. The van der Waals surface area contributed by atoms with E-state index < -0.39 is 0 Å². The first-order chi connectivity index (χ1) is 29.5. The van der Waals surface area contributed by atoms with Crippen LogP contribution >= 0.6 is 0 Å². The van der Waals surface area contributed by atoms with E-state index in [1.807, 2.05) is 18.2 Å². The highest BCUT2D eigenvalue weighted by Crippen LogP contribution is 2.51. The molecule has 0 unspecified atom stereocenters. The predicted molar refractivity (Wildman–Crippen MR) is 247 cm³/mol. The number of nitrogens with zero attached hydrogens (tertiary/aromatic N) is 3. The van der Waals surface area contributed by atoms with Gasteiger partial charge in [0.05, 0.1) is 0 Å². The van der Waals surface area contributed by atoms with Crippen molar-refractivity contribution < 1.29 is 4.42 Å². The van der Waals surface area contributed by atoms with Gasteiger partial charge in [0.2, 0.25) is 0 Å². The molecule has 60 heavy (non-hydrogen) atoms. The van der Waals surface area contributed by atoms with Gasteiger partial charge in [-0.1, -0.05) is 178 Å². The zero-order chi connectivity index (χ0) is 40.0. The van der Waals surface area contributed by atoms with E-state index >= 15 is 0 Å². The Labute approximate surface area is 347 Å². The lowest BCUT2D eigenvalue weighted by Gasteiger charge is -2.21. The summed E-state index contributed by atoms with van der Waals surface area (Å²) in [5.74, 6) is 1.94. The molecule has 2 heterocycles. The van der Waals surface area contributed by atoms with Crippen molar-refractivity contribution >= 4 is 43.5 Å². The smallest absolute Gasteiger partial charge is 0.164 e. The summed E-state index contributed by atoms with van der Waals surface area (Å²) in [5, 5.41) is 7.22. The minimum atomic E-state index is -0.132. The summed E-state index contributed by atoms with van der Waals surface area (Å²) in [5.41, 5.74) is 14.1. The van der Waals surface area contributed by atoms with Crippen LogP contribution in [0.2, 0.25) is 0 Å². The van der Waals surface area contributed by atoms with Crippen molar-refractivity contribution in [3.8, 4) is 67.5 Å². The van der Waals surface area contributed by atoms with Gasteiger partial charge in [0, 0.05) is 32.9 Å². The maximum Gasteiger partial charge on any atom is 0.164 e. The molecule has 0 N–H and O–H groups in total. The van der Waals surface area contributed by atoms with Crippen molar-refractivity contribution in [3.05, 3.63) is 199 Å². The Bertz CT molecular complexity index is 3510. The number of hydrogen-bond donors (Lipinski definition) is 0. The van der Waals surface area contributed by atoms with Crippen LogP contribution < -0.4 is 0 Å². The van der Waals surface area contributed by atoms with Gasteiger partial charge in [-0.15, -0.1) is 0 Å². The Morgan fingerprint density at radius 1 is 0.367 bits per heavy atom. The number of rotatable bonds is 5. The predicted octanol–water partition coefficient (Wildman–Crippen LogP) is 14.7. The zero-order valence-electron chi connectivity index (χ0n) is 33.1. The van der Waals surface area contributed by atoms with E-state index in [0.29, 0.717) is 17.5 Å². The van der Waals surface area contributed by atoms with Gasteiger partial charge in [0.1, 0.15) is 11.2 Å². The van der Waals surface area contributed by atoms with Crippen LogP contribution in [0.1, 0.15) is 25.0 Å². The molecular weight excluding hydrogens is 731 g/mol. The van der Waals surface area contributed by atoms with E-state index in [-0.39, 0.29) is 5.41 Å². The third-order valence-electron chi connectivity index (χ3n) is 12.5. The van der Waals surface area contributed by atoms with Gasteiger partial charge >= 0.3 is 0 Å². The minimum absolute atomic E-state index is 0.132. The molecule has 0 amide bonds. The quantitative estimate of drug-likeness (QED) is 0.164. The second-order valence-electron chi connectivity index (χ2n) is 16.4. The Kier molecular flexibility index (Phi) is 7.54. The highest BCUT2D eigenvalue weighted by molar-refractivity contribution is 6.14. The van der Waals surface area contributed by atoms with Gasteiger partial charge in [-0.25, -0.2) is 15.0 Å². The highest BCUT2D eigenvalue weighted by Gasteiger charge is 2.37. The second kappa shape index (κ2) is 13.2. The Hall–Kier alpha value is -7.69. The molecule has 0 saturated carbocycles. The molecule has 4 heteroatoms. The molecular formula is C56H37N3O. The van der Waals surface area contributed by atoms with Crippen molar-refractivity contribution in [2.24, 2.45) is 0 Å². The molecule has 4 nitrogen and oxygen atoms in total. The molecule has 9 aromatic carbocycles. The van der Waals surface area contributed by atoms with E-state index in [0.717, 1.165) is 55.3 Å². The molecule has 1 aliphatic rings. The average molecular weight is 768 g/mol. The first kappa shape index (κ1) is 34.4. The molecule has 1 aliphatic carbocycles. The Balaban J connectivity index is 0.957. The van der Waals surface area contributed by atoms with Crippen molar-refractivity contribution in [1.82, 2.24) is 15.0 Å². The third-order valence-corrected chi connectivity index (χ3v) is 12.5. The number of benzene rings is 9. The normalized spacial score (nSPS) is 13.0. The van der Waals surface area contributed by atoms with E-state index in [9.17, 15) is 0 Å². The molecule has 0 aliphatic heterocycles. The van der Waals surface area contributed by atoms with E-state index in [1.54, 1.807) is 0 Å². The molecule has 0 radical (unpaired) electrons. The van der Waals surface area contributed by atoms with Gasteiger partial charge in [0.15, 0.2) is 17.5 Å². The summed E-state index contributed by atoms with van der Waals surface area (Å²) in [4.78, 5) is 15.4. The van der Waals surface area contributed by atoms with Crippen LogP contribution in [-0.2, 0) is 5.41 Å². The summed E-state index contributed by atoms with van der Waals surface area (Å²) in [6.45, 7) is 4.60. The molecule has 12 rings (SSSR count). The SMILES string of the molecule is CC1(C)c2ccccc2-c2c(-c3nc(-c4ccccc4)nc(-c4ccc(-c5cccc6oc7ccc(-c8ccc9c(ccc%10ccccc%109)c8)cc7c56)cc4)n3)cccc21. The van der Waals surface area contributed by atoms with Crippen molar-refractivity contribution in [2.45, 2.75) is 19.3 Å². The fourth-order valence-electron chi connectivity index (χ4n) is 9.52. The fourth-order valence-corrected chi connectivity index (χ4v) is 9.52. The summed E-state index contributed by atoms with van der Waals surface area (Å²) in [7, 11) is 0. The van der Waals surface area contributed by atoms with Crippen molar-refractivity contribution in [1.29, 1.82) is 0 Å². The molecule has 0 atom stereocenters. The number of aromatic nitrogens is 3. The first-order valence-electron chi connectivity index (χ1n) is 20.5. The molecule has 11 aromatic rings. The highest BCUT2D eigenvalue weighted by atomic mass is 16.3. The van der Waals surface area contributed by atoms with Crippen LogP contribution in [0.3, 0.4) is 0 Å². The van der Waals surface area contributed by atoms with Crippen molar-refractivity contribution in [3.63, 3.8) is 0 Å². The summed E-state index contributed by atoms with van der Waals surface area (Å²) >= 11 is 0. The second-order valence-corrected chi connectivity index (χ2v) is 16.4. The average Bonchev–Trinajstić information content (AvgIpc) is 3.80. The van der Waals surface area contributed by atoms with Gasteiger partial charge < -0.3 is 4.42 Å². The molecule has 0 bridgehead atoms. The third kappa shape index (κ3) is 5.34. The number of hydrogen-bond acceptors (Lipinski definition) is 4. The monoisotopic (exact) mass is 767 g/mol. The maximum atomic E-state index is 6.47. The lowest BCUT2D eigenvalue weighted by Crippen LogP contribution is -2.14. The first-order valence-corrected chi connectivity index (χ1v) is 20.5. The maximum absolute atomic E-state index is 6.47. The Morgan fingerprint density at radius 2 is 0.967 bits per heavy atom. The van der Waals surface area contributed by atoms with E-state index in [4.69, 9.17) is 19.4 Å². The van der Waals surface area contributed by atoms with Crippen LogP contribution in [0, 0.1) is 0 Å². The van der Waals surface area contributed by atoms with E-state index in [2.05, 4.69) is 184 Å². The zero-order valence-corrected chi connectivity index (χ0v) is 33.1. The van der Waals surface area contributed by atoms with Crippen LogP contribution in [0.25, 0.3) is 111 Å². The number of furan rings is 1. The topological polar surface area (TPSA) is 51.8 Å². The molecule has 2 aromatic heterocycles. The van der Waals surface area contributed by atoms with E-state index in [1.165, 1.54) is 49.4 Å².